The number of carbonyl (C=O) groups is 1. The summed E-state index contributed by atoms with van der Waals surface area (Å²) in [5.74, 6) is 0.446. The molecule has 148 valence electrons. The van der Waals surface area contributed by atoms with Gasteiger partial charge in [0.15, 0.2) is 5.13 Å². The van der Waals surface area contributed by atoms with E-state index in [1.54, 1.807) is 23.1 Å². The van der Waals surface area contributed by atoms with Crippen LogP contribution in [-0.2, 0) is 9.53 Å². The number of amides is 1. The number of rotatable bonds is 6. The number of nitrogens with zero attached hydrogens (tertiary/aromatic N) is 3. The minimum absolute atomic E-state index is 0. The lowest BCUT2D eigenvalue weighted by Gasteiger charge is -2.33. The van der Waals surface area contributed by atoms with Crippen molar-refractivity contribution in [1.82, 2.24) is 9.88 Å². The van der Waals surface area contributed by atoms with Crippen LogP contribution in [0.1, 0.15) is 19.3 Å². The molecule has 0 N–H and O–H groups in total. The number of thiazole rings is 1. The maximum absolute atomic E-state index is 13.0. The van der Waals surface area contributed by atoms with Crippen LogP contribution in [0.25, 0.3) is 10.2 Å². The van der Waals surface area contributed by atoms with Crippen molar-refractivity contribution < 1.29 is 9.53 Å². The zero-order valence-corrected chi connectivity index (χ0v) is 18.0. The van der Waals surface area contributed by atoms with Crippen molar-refractivity contribution in [3.05, 3.63) is 18.2 Å². The number of fused-ring (bicyclic) bond motifs is 1. The zero-order chi connectivity index (χ0) is 17.9. The average Bonchev–Trinajstić information content (AvgIpc) is 3.04. The van der Waals surface area contributed by atoms with Gasteiger partial charge in [0.05, 0.1) is 23.4 Å². The Kier molecular flexibility index (Phi) is 7.39. The molecule has 2 fully saturated rings. The summed E-state index contributed by atoms with van der Waals surface area (Å²) in [5.41, 5.74) is 0.987. The summed E-state index contributed by atoms with van der Waals surface area (Å²) in [6.07, 6.45) is 5.30. The van der Waals surface area contributed by atoms with Crippen LogP contribution >= 0.6 is 35.5 Å². The maximum Gasteiger partial charge on any atom is 0.231 e. The number of benzene rings is 1. The van der Waals surface area contributed by atoms with Crippen LogP contribution in [0.2, 0.25) is 0 Å². The van der Waals surface area contributed by atoms with Gasteiger partial charge in [-0.1, -0.05) is 17.8 Å². The predicted molar refractivity (Wildman–Crippen MR) is 116 cm³/mol. The molecule has 1 amide bonds. The number of aromatic nitrogens is 1. The van der Waals surface area contributed by atoms with Gasteiger partial charge < -0.3 is 4.74 Å². The van der Waals surface area contributed by atoms with E-state index < -0.39 is 0 Å². The molecule has 5 nitrogen and oxygen atoms in total. The van der Waals surface area contributed by atoms with Crippen LogP contribution in [0.15, 0.2) is 23.1 Å². The third kappa shape index (κ3) is 4.77. The highest BCUT2D eigenvalue weighted by Crippen LogP contribution is 2.35. The van der Waals surface area contributed by atoms with Crippen molar-refractivity contribution in [3.63, 3.8) is 0 Å². The minimum Gasteiger partial charge on any atom is -0.379 e. The second-order valence-electron chi connectivity index (χ2n) is 6.90. The van der Waals surface area contributed by atoms with Crippen molar-refractivity contribution in [1.29, 1.82) is 0 Å². The Morgan fingerprint density at radius 1 is 1.37 bits per heavy atom. The fraction of sp³-hybridized carbons (Fsp3) is 0.579. The molecule has 2 aromatic rings. The first-order valence-electron chi connectivity index (χ1n) is 9.30. The summed E-state index contributed by atoms with van der Waals surface area (Å²) in [4.78, 5) is 23.4. The number of halogens is 1. The van der Waals surface area contributed by atoms with Gasteiger partial charge in [-0.15, -0.1) is 24.2 Å². The number of ether oxygens (including phenoxy) is 1. The van der Waals surface area contributed by atoms with E-state index in [0.717, 1.165) is 61.0 Å². The van der Waals surface area contributed by atoms with Crippen LogP contribution < -0.4 is 4.90 Å². The zero-order valence-electron chi connectivity index (χ0n) is 15.6. The van der Waals surface area contributed by atoms with Crippen LogP contribution in [0.5, 0.6) is 0 Å². The predicted octanol–water partition coefficient (Wildman–Crippen LogP) is 3.91. The molecule has 0 radical (unpaired) electrons. The molecule has 1 aromatic heterocycles. The molecule has 1 aliphatic carbocycles. The molecule has 4 rings (SSSR count). The second-order valence-corrected chi connectivity index (χ2v) is 8.79. The molecule has 1 saturated carbocycles. The number of morpholine rings is 1. The van der Waals surface area contributed by atoms with Crippen LogP contribution in [-0.4, -0.2) is 61.4 Å². The molecule has 0 atom stereocenters. The third-order valence-corrected chi connectivity index (χ3v) is 7.05. The highest BCUT2D eigenvalue weighted by molar-refractivity contribution is 7.98. The van der Waals surface area contributed by atoms with E-state index in [2.05, 4.69) is 29.4 Å². The van der Waals surface area contributed by atoms with Gasteiger partial charge in [0.25, 0.3) is 0 Å². The largest absolute Gasteiger partial charge is 0.379 e. The van der Waals surface area contributed by atoms with Crippen molar-refractivity contribution in [2.24, 2.45) is 5.92 Å². The van der Waals surface area contributed by atoms with Gasteiger partial charge in [-0.2, -0.15) is 0 Å². The summed E-state index contributed by atoms with van der Waals surface area (Å²) >= 11 is 3.37. The van der Waals surface area contributed by atoms with E-state index in [0.29, 0.717) is 6.54 Å². The Labute approximate surface area is 174 Å². The van der Waals surface area contributed by atoms with Crippen molar-refractivity contribution in [2.45, 2.75) is 24.2 Å². The first-order valence-corrected chi connectivity index (χ1v) is 11.3. The molecule has 1 aromatic carbocycles. The highest BCUT2D eigenvalue weighted by Gasteiger charge is 2.32. The standard InChI is InChI=1S/C19H25N3O2S2.ClH/c1-25-15-5-6-16-17(13-15)26-19(20-16)22(18(23)14-3-2-4-14)8-7-21-9-11-24-12-10-21;/h5-6,13-14H,2-4,7-12H2,1H3;1H. The first-order chi connectivity index (χ1) is 12.7. The van der Waals surface area contributed by atoms with Crippen molar-refractivity contribution in [3.8, 4) is 0 Å². The van der Waals surface area contributed by atoms with Gasteiger partial charge in [0, 0.05) is 37.0 Å². The van der Waals surface area contributed by atoms with E-state index in [1.165, 1.54) is 11.3 Å². The first kappa shape index (κ1) is 20.9. The number of carbonyl (C=O) groups excluding carboxylic acids is 1. The number of hydrogen-bond donors (Lipinski definition) is 0. The fourth-order valence-corrected chi connectivity index (χ4v) is 4.93. The molecule has 0 spiro atoms. The number of hydrogen-bond acceptors (Lipinski definition) is 6. The van der Waals surface area contributed by atoms with Gasteiger partial charge in [0.2, 0.25) is 5.91 Å². The van der Waals surface area contributed by atoms with Gasteiger partial charge >= 0.3 is 0 Å². The lowest BCUT2D eigenvalue weighted by Crippen LogP contribution is -2.45. The van der Waals surface area contributed by atoms with Gasteiger partial charge in [-0.05, 0) is 37.3 Å². The molecule has 1 saturated heterocycles. The van der Waals surface area contributed by atoms with Gasteiger partial charge in [0.1, 0.15) is 0 Å². The summed E-state index contributed by atoms with van der Waals surface area (Å²) in [6, 6.07) is 6.34. The third-order valence-electron chi connectivity index (χ3n) is 5.28. The summed E-state index contributed by atoms with van der Waals surface area (Å²) in [6.45, 7) is 5.06. The van der Waals surface area contributed by atoms with Crippen molar-refractivity contribution in [2.75, 3.05) is 50.5 Å². The van der Waals surface area contributed by atoms with Gasteiger partial charge in [-0.25, -0.2) is 4.98 Å². The molecule has 0 unspecified atom stereocenters. The van der Waals surface area contributed by atoms with Crippen molar-refractivity contribution >= 4 is 56.8 Å². The lowest BCUT2D eigenvalue weighted by atomic mass is 9.84. The molecule has 2 heterocycles. The van der Waals surface area contributed by atoms with E-state index in [9.17, 15) is 4.79 Å². The van der Waals surface area contributed by atoms with Crippen LogP contribution in [0.3, 0.4) is 0 Å². The average molecular weight is 428 g/mol. The summed E-state index contributed by atoms with van der Waals surface area (Å²) in [5, 5.41) is 0.850. The summed E-state index contributed by atoms with van der Waals surface area (Å²) < 4.78 is 6.59. The number of anilines is 1. The highest BCUT2D eigenvalue weighted by atomic mass is 35.5. The lowest BCUT2D eigenvalue weighted by molar-refractivity contribution is -0.124. The Balaban J connectivity index is 0.00000210. The van der Waals surface area contributed by atoms with Crippen LogP contribution in [0, 0.1) is 5.92 Å². The molecular weight excluding hydrogens is 402 g/mol. The monoisotopic (exact) mass is 427 g/mol. The van der Waals surface area contributed by atoms with E-state index in [1.807, 2.05) is 4.90 Å². The normalized spacial score (nSPS) is 18.1. The summed E-state index contributed by atoms with van der Waals surface area (Å²) in [7, 11) is 0. The topological polar surface area (TPSA) is 45.7 Å². The SMILES string of the molecule is CSc1ccc2nc(N(CCN3CCOCC3)C(=O)C3CCC3)sc2c1.Cl. The Morgan fingerprint density at radius 2 is 2.15 bits per heavy atom. The molecule has 8 heteroatoms. The van der Waals surface area contributed by atoms with E-state index in [4.69, 9.17) is 9.72 Å². The quantitative estimate of drug-likeness (QED) is 0.654. The fourth-order valence-electron chi connectivity index (χ4n) is 3.38. The van der Waals surface area contributed by atoms with Gasteiger partial charge in [-0.3, -0.25) is 14.6 Å². The molecule has 2 aliphatic rings. The molecule has 27 heavy (non-hydrogen) atoms. The Hall–Kier alpha value is -0.860. The van der Waals surface area contributed by atoms with Crippen LogP contribution in [0.4, 0.5) is 5.13 Å². The van der Waals surface area contributed by atoms with E-state index >= 15 is 0 Å². The maximum atomic E-state index is 13.0. The smallest absolute Gasteiger partial charge is 0.231 e. The molecule has 0 bridgehead atoms. The number of thioether (sulfide) groups is 1. The molecule has 1 aliphatic heterocycles. The van der Waals surface area contributed by atoms with E-state index in [-0.39, 0.29) is 24.2 Å². The minimum atomic E-state index is 0. The molecular formula is C19H26ClN3O2S2. The Morgan fingerprint density at radius 3 is 2.81 bits per heavy atom. The second kappa shape index (κ2) is 9.56. The Bertz CT molecular complexity index is 775.